The minimum atomic E-state index is -1.16. The van der Waals surface area contributed by atoms with Crippen molar-refractivity contribution in [1.82, 2.24) is 0 Å². The lowest BCUT2D eigenvalue weighted by atomic mass is 10.3. The van der Waals surface area contributed by atoms with Gasteiger partial charge in [-0.05, 0) is 12.1 Å². The van der Waals surface area contributed by atoms with Crippen LogP contribution in [0.25, 0.3) is 0 Å². The molecule has 1 nitrogen and oxygen atoms in total. The van der Waals surface area contributed by atoms with Gasteiger partial charge in [-0.3, -0.25) is 0 Å². The van der Waals surface area contributed by atoms with Crippen LogP contribution in [0, 0.1) is 0 Å². The van der Waals surface area contributed by atoms with Crippen LogP contribution >= 0.6 is 0 Å². The summed E-state index contributed by atoms with van der Waals surface area (Å²) in [4.78, 5) is 0. The van der Waals surface area contributed by atoms with Gasteiger partial charge >= 0.3 is 0 Å². The van der Waals surface area contributed by atoms with Crippen molar-refractivity contribution in [3.8, 4) is 5.75 Å². The van der Waals surface area contributed by atoms with Crippen molar-refractivity contribution >= 4 is 13.3 Å². The molecule has 0 aliphatic rings. The largest absolute Gasteiger partial charge is 0.497 e. The van der Waals surface area contributed by atoms with E-state index in [1.54, 1.807) is 7.11 Å². The van der Waals surface area contributed by atoms with Crippen molar-refractivity contribution in [2.24, 2.45) is 0 Å². The lowest BCUT2D eigenvalue weighted by Crippen LogP contribution is -2.37. The first-order chi connectivity index (χ1) is 5.54. The molecular formula is C10H16OSi. The maximum atomic E-state index is 5.17. The molecule has 0 aromatic heterocycles. The molecule has 1 aromatic rings. The average molecular weight is 180 g/mol. The van der Waals surface area contributed by atoms with E-state index in [2.05, 4.69) is 37.8 Å². The van der Waals surface area contributed by atoms with Gasteiger partial charge in [-0.15, -0.1) is 0 Å². The van der Waals surface area contributed by atoms with Gasteiger partial charge < -0.3 is 4.74 Å². The van der Waals surface area contributed by atoms with Crippen LogP contribution in [0.15, 0.2) is 24.3 Å². The smallest absolute Gasteiger partial charge is 0.118 e. The summed E-state index contributed by atoms with van der Waals surface area (Å²) >= 11 is 0. The minimum Gasteiger partial charge on any atom is -0.497 e. The van der Waals surface area contributed by atoms with Crippen LogP contribution in [-0.2, 0) is 0 Å². The number of hydrogen-bond donors (Lipinski definition) is 0. The zero-order valence-electron chi connectivity index (χ0n) is 8.22. The summed E-state index contributed by atoms with van der Waals surface area (Å²) in [7, 11) is 0.551. The van der Waals surface area contributed by atoms with Crippen molar-refractivity contribution < 1.29 is 4.74 Å². The first-order valence-corrected chi connectivity index (χ1v) is 7.68. The monoisotopic (exact) mass is 180 g/mol. The first-order valence-electron chi connectivity index (χ1n) is 4.18. The quantitative estimate of drug-likeness (QED) is 0.634. The number of ether oxygens (including phenoxy) is 1. The summed E-state index contributed by atoms with van der Waals surface area (Å²) in [6.07, 6.45) is 0. The van der Waals surface area contributed by atoms with E-state index >= 15 is 0 Å². The van der Waals surface area contributed by atoms with Crippen molar-refractivity contribution in [1.29, 1.82) is 0 Å². The van der Waals surface area contributed by atoms with Gasteiger partial charge in [0.1, 0.15) is 5.75 Å². The first kappa shape index (κ1) is 9.33. The van der Waals surface area contributed by atoms with E-state index in [4.69, 9.17) is 4.74 Å². The van der Waals surface area contributed by atoms with E-state index in [0.717, 1.165) is 5.75 Å². The second-order valence-electron chi connectivity index (χ2n) is 3.98. The van der Waals surface area contributed by atoms with Crippen LogP contribution in [0.4, 0.5) is 0 Å². The molecule has 1 aromatic carbocycles. The Labute approximate surface area is 75.4 Å². The summed E-state index contributed by atoms with van der Waals surface area (Å²) in [5.41, 5.74) is 0. The third kappa shape index (κ3) is 2.11. The Balaban J connectivity index is 3.02. The highest BCUT2D eigenvalue weighted by atomic mass is 28.3. The van der Waals surface area contributed by atoms with Crippen molar-refractivity contribution in [3.05, 3.63) is 24.3 Å². The maximum absolute atomic E-state index is 5.17. The zero-order chi connectivity index (χ0) is 9.19. The number of hydrogen-bond acceptors (Lipinski definition) is 1. The molecule has 12 heavy (non-hydrogen) atoms. The van der Waals surface area contributed by atoms with Gasteiger partial charge in [0.2, 0.25) is 0 Å². The van der Waals surface area contributed by atoms with E-state index in [1.165, 1.54) is 5.19 Å². The minimum absolute atomic E-state index is 0.968. The van der Waals surface area contributed by atoms with E-state index in [1.807, 2.05) is 6.07 Å². The predicted octanol–water partition coefficient (Wildman–Crippen LogP) is 2.24. The molecule has 0 fully saturated rings. The fourth-order valence-corrected chi connectivity index (χ4v) is 2.26. The highest BCUT2D eigenvalue weighted by Gasteiger charge is 2.16. The topological polar surface area (TPSA) is 9.23 Å². The molecule has 0 amide bonds. The molecule has 0 heterocycles. The number of rotatable bonds is 2. The Kier molecular flexibility index (Phi) is 2.57. The Bertz CT molecular complexity index is 263. The Morgan fingerprint density at radius 2 is 1.83 bits per heavy atom. The van der Waals surface area contributed by atoms with E-state index in [9.17, 15) is 0 Å². The van der Waals surface area contributed by atoms with Gasteiger partial charge in [-0.25, -0.2) is 0 Å². The van der Waals surface area contributed by atoms with Crippen molar-refractivity contribution in [2.45, 2.75) is 19.6 Å². The van der Waals surface area contributed by atoms with Gasteiger partial charge in [-0.2, -0.15) is 0 Å². The standard InChI is InChI=1S/C10H16OSi/c1-11-9-6-5-7-10(8-9)12(2,3)4/h5-8H,1-4H3. The van der Waals surface area contributed by atoms with Crippen molar-refractivity contribution in [2.75, 3.05) is 7.11 Å². The summed E-state index contributed by atoms with van der Waals surface area (Å²) in [6, 6.07) is 8.39. The van der Waals surface area contributed by atoms with E-state index in [0.29, 0.717) is 0 Å². The molecule has 2 heteroatoms. The summed E-state index contributed by atoms with van der Waals surface area (Å²) in [5.74, 6) is 0.968. The molecular weight excluding hydrogens is 164 g/mol. The zero-order valence-corrected chi connectivity index (χ0v) is 9.22. The summed E-state index contributed by atoms with van der Waals surface area (Å²) in [6.45, 7) is 7.01. The van der Waals surface area contributed by atoms with Gasteiger partial charge in [-0.1, -0.05) is 37.0 Å². The van der Waals surface area contributed by atoms with Gasteiger partial charge in [0, 0.05) is 0 Å². The van der Waals surface area contributed by atoms with Crippen molar-refractivity contribution in [3.63, 3.8) is 0 Å². The molecule has 0 bridgehead atoms. The maximum Gasteiger partial charge on any atom is 0.118 e. The van der Waals surface area contributed by atoms with Gasteiger partial charge in [0.05, 0.1) is 15.2 Å². The van der Waals surface area contributed by atoms with Crippen LogP contribution in [-0.4, -0.2) is 15.2 Å². The third-order valence-corrected chi connectivity index (χ3v) is 3.98. The van der Waals surface area contributed by atoms with Crippen LogP contribution in [0.5, 0.6) is 5.75 Å². The molecule has 0 saturated carbocycles. The second-order valence-corrected chi connectivity index (χ2v) is 9.06. The van der Waals surface area contributed by atoms with Gasteiger partial charge in [0.25, 0.3) is 0 Å². The molecule has 66 valence electrons. The Hall–Kier alpha value is -0.763. The van der Waals surface area contributed by atoms with Crippen LogP contribution in [0.3, 0.4) is 0 Å². The third-order valence-electron chi connectivity index (χ3n) is 1.94. The Morgan fingerprint density at radius 1 is 1.17 bits per heavy atom. The van der Waals surface area contributed by atoms with E-state index in [-0.39, 0.29) is 0 Å². The molecule has 0 atom stereocenters. The molecule has 0 spiro atoms. The van der Waals surface area contributed by atoms with Gasteiger partial charge in [0.15, 0.2) is 0 Å². The molecule has 0 aliphatic heterocycles. The summed E-state index contributed by atoms with van der Waals surface area (Å²) in [5, 5.41) is 1.45. The summed E-state index contributed by atoms with van der Waals surface area (Å²) < 4.78 is 5.17. The Morgan fingerprint density at radius 3 is 2.33 bits per heavy atom. The van der Waals surface area contributed by atoms with Crippen LogP contribution in [0.2, 0.25) is 19.6 Å². The lowest BCUT2D eigenvalue weighted by Gasteiger charge is -2.16. The number of benzene rings is 1. The highest BCUT2D eigenvalue weighted by molar-refractivity contribution is 6.88. The van der Waals surface area contributed by atoms with E-state index < -0.39 is 8.07 Å². The fourth-order valence-electron chi connectivity index (χ4n) is 1.09. The normalized spacial score (nSPS) is 11.3. The SMILES string of the molecule is COc1cccc([Si](C)(C)C)c1. The molecule has 0 aliphatic carbocycles. The molecule has 0 unspecified atom stereocenters. The van der Waals surface area contributed by atoms with Crippen LogP contribution in [0.1, 0.15) is 0 Å². The number of methoxy groups -OCH3 is 1. The lowest BCUT2D eigenvalue weighted by molar-refractivity contribution is 0.415. The molecule has 0 radical (unpaired) electrons. The van der Waals surface area contributed by atoms with Crippen LogP contribution < -0.4 is 9.92 Å². The fraction of sp³-hybridized carbons (Fsp3) is 0.400. The molecule has 0 saturated heterocycles. The molecule has 0 N–H and O–H groups in total. The second kappa shape index (κ2) is 3.31. The molecule has 1 rings (SSSR count). The highest BCUT2D eigenvalue weighted by Crippen LogP contribution is 2.10. The predicted molar refractivity (Wildman–Crippen MR) is 56.0 cm³/mol. The average Bonchev–Trinajstić information content (AvgIpc) is 2.03.